The third-order valence-electron chi connectivity index (χ3n) is 4.82. The van der Waals surface area contributed by atoms with Gasteiger partial charge >= 0.3 is 0 Å². The van der Waals surface area contributed by atoms with E-state index in [0.29, 0.717) is 17.9 Å². The zero-order chi connectivity index (χ0) is 20.3. The number of hydrogen-bond donors (Lipinski definition) is 0. The minimum absolute atomic E-state index is 0.205. The van der Waals surface area contributed by atoms with Gasteiger partial charge < -0.3 is 14.2 Å². The highest BCUT2D eigenvalue weighted by atomic mass is 16.5. The van der Waals surface area contributed by atoms with Crippen molar-refractivity contribution in [2.24, 2.45) is 0 Å². The maximum Gasteiger partial charge on any atom is 0.276 e. The molecule has 0 aliphatic rings. The van der Waals surface area contributed by atoms with Crippen molar-refractivity contribution >= 4 is 5.91 Å². The van der Waals surface area contributed by atoms with Crippen LogP contribution in [0.5, 0.6) is 5.75 Å². The number of carbonyl (C=O) groups excluding carboxylic acids is 1. The first-order valence-corrected chi connectivity index (χ1v) is 9.32. The third-order valence-corrected chi connectivity index (χ3v) is 4.82. The second-order valence-electron chi connectivity index (χ2n) is 6.90. The van der Waals surface area contributed by atoms with Crippen LogP contribution in [0, 0.1) is 20.8 Å². The van der Waals surface area contributed by atoms with Gasteiger partial charge in [0.2, 0.25) is 0 Å². The summed E-state index contributed by atoms with van der Waals surface area (Å²) in [6.45, 7) is 9.31. The molecule has 0 radical (unpaired) electrons. The Bertz CT molecular complexity index is 974. The molecule has 3 rings (SSSR count). The van der Waals surface area contributed by atoms with Crippen molar-refractivity contribution in [3.05, 3.63) is 64.3 Å². The molecule has 0 spiro atoms. The van der Waals surface area contributed by atoms with Crippen LogP contribution < -0.4 is 4.74 Å². The molecule has 0 atom stereocenters. The zero-order valence-corrected chi connectivity index (χ0v) is 17.0. The summed E-state index contributed by atoms with van der Waals surface area (Å²) in [5.74, 6) is 1.12. The van der Waals surface area contributed by atoms with Gasteiger partial charge in [0, 0.05) is 31.4 Å². The van der Waals surface area contributed by atoms with E-state index in [0.717, 1.165) is 29.1 Å². The Morgan fingerprint density at radius 3 is 2.75 bits per heavy atom. The molecule has 2 heterocycles. The first kappa shape index (κ1) is 19.7. The SMILES string of the molecule is CCn1ncc(CN(C)C(=O)c2noc(C)c2COc2cccc(C)c2)c1C. The smallest absolute Gasteiger partial charge is 0.276 e. The van der Waals surface area contributed by atoms with Gasteiger partial charge in [0.1, 0.15) is 18.1 Å². The minimum Gasteiger partial charge on any atom is -0.489 e. The number of rotatable bonds is 7. The number of amides is 1. The van der Waals surface area contributed by atoms with Crippen LogP contribution >= 0.6 is 0 Å². The van der Waals surface area contributed by atoms with E-state index in [1.54, 1.807) is 25.1 Å². The summed E-state index contributed by atoms with van der Waals surface area (Å²) >= 11 is 0. The zero-order valence-electron chi connectivity index (χ0n) is 17.0. The van der Waals surface area contributed by atoms with Gasteiger partial charge in [-0.1, -0.05) is 17.3 Å². The lowest BCUT2D eigenvalue weighted by Gasteiger charge is -2.16. The molecule has 0 fully saturated rings. The normalized spacial score (nSPS) is 10.9. The molecule has 2 aromatic heterocycles. The molecule has 0 aliphatic carbocycles. The second-order valence-corrected chi connectivity index (χ2v) is 6.90. The molecule has 0 unspecified atom stereocenters. The van der Waals surface area contributed by atoms with Crippen molar-refractivity contribution in [1.29, 1.82) is 0 Å². The Labute approximate surface area is 164 Å². The maximum atomic E-state index is 13.0. The lowest BCUT2D eigenvalue weighted by atomic mass is 10.1. The minimum atomic E-state index is -0.205. The van der Waals surface area contributed by atoms with Crippen molar-refractivity contribution in [1.82, 2.24) is 19.8 Å². The van der Waals surface area contributed by atoms with Crippen LogP contribution in [0.1, 0.15) is 45.6 Å². The number of carbonyl (C=O) groups is 1. The molecule has 1 amide bonds. The molecule has 7 nitrogen and oxygen atoms in total. The summed E-state index contributed by atoms with van der Waals surface area (Å²) in [6, 6.07) is 7.77. The van der Waals surface area contributed by atoms with Crippen LogP contribution in [0.4, 0.5) is 0 Å². The van der Waals surface area contributed by atoms with Crippen LogP contribution in [0.2, 0.25) is 0 Å². The molecule has 3 aromatic rings. The highest BCUT2D eigenvalue weighted by Gasteiger charge is 2.24. The number of hydrogen-bond acceptors (Lipinski definition) is 5. The molecule has 0 saturated heterocycles. The number of ether oxygens (including phenoxy) is 1. The molecule has 28 heavy (non-hydrogen) atoms. The standard InChI is InChI=1S/C21H26N4O3/c1-6-25-15(3)17(11-22-25)12-24(5)21(26)20-19(16(4)28-23-20)13-27-18-9-7-8-14(2)10-18/h7-11H,6,12-13H2,1-5H3. The van der Waals surface area contributed by atoms with Gasteiger partial charge in [0.25, 0.3) is 5.91 Å². The largest absolute Gasteiger partial charge is 0.489 e. The summed E-state index contributed by atoms with van der Waals surface area (Å²) in [7, 11) is 1.75. The van der Waals surface area contributed by atoms with Gasteiger partial charge in [0.15, 0.2) is 5.69 Å². The highest BCUT2D eigenvalue weighted by Crippen LogP contribution is 2.20. The molecule has 1 aromatic carbocycles. The average molecular weight is 382 g/mol. The predicted octanol–water partition coefficient (Wildman–Crippen LogP) is 3.67. The van der Waals surface area contributed by atoms with Crippen LogP contribution in [0.3, 0.4) is 0 Å². The quantitative estimate of drug-likeness (QED) is 0.623. The summed E-state index contributed by atoms with van der Waals surface area (Å²) in [6.07, 6.45) is 1.80. The van der Waals surface area contributed by atoms with Crippen LogP contribution in [0.15, 0.2) is 35.0 Å². The Hall–Kier alpha value is -3.09. The fourth-order valence-electron chi connectivity index (χ4n) is 3.06. The van der Waals surface area contributed by atoms with E-state index in [2.05, 4.69) is 10.3 Å². The van der Waals surface area contributed by atoms with E-state index in [1.807, 2.05) is 49.7 Å². The van der Waals surface area contributed by atoms with Gasteiger partial charge in [-0.25, -0.2) is 0 Å². The Morgan fingerprint density at radius 2 is 2.07 bits per heavy atom. The maximum absolute atomic E-state index is 13.0. The van der Waals surface area contributed by atoms with Crippen molar-refractivity contribution in [2.75, 3.05) is 7.05 Å². The average Bonchev–Trinajstić information content (AvgIpc) is 3.22. The van der Waals surface area contributed by atoms with Gasteiger partial charge in [-0.3, -0.25) is 9.48 Å². The topological polar surface area (TPSA) is 73.4 Å². The Kier molecular flexibility index (Phi) is 5.82. The van der Waals surface area contributed by atoms with E-state index >= 15 is 0 Å². The van der Waals surface area contributed by atoms with E-state index in [4.69, 9.17) is 9.26 Å². The number of benzene rings is 1. The fourth-order valence-corrected chi connectivity index (χ4v) is 3.06. The summed E-state index contributed by atoms with van der Waals surface area (Å²) < 4.78 is 13.0. The molecule has 0 saturated carbocycles. The van der Waals surface area contributed by atoms with Gasteiger partial charge in [0.05, 0.1) is 11.8 Å². The van der Waals surface area contributed by atoms with E-state index in [1.165, 1.54) is 0 Å². The first-order chi connectivity index (χ1) is 13.4. The molecular formula is C21H26N4O3. The third kappa shape index (κ3) is 4.08. The number of nitrogens with zero attached hydrogens (tertiary/aromatic N) is 4. The number of aryl methyl sites for hydroxylation is 3. The van der Waals surface area contributed by atoms with Gasteiger partial charge in [-0.05, 0) is 45.4 Å². The summed E-state index contributed by atoms with van der Waals surface area (Å²) in [4.78, 5) is 14.6. The first-order valence-electron chi connectivity index (χ1n) is 9.32. The molecule has 0 N–H and O–H groups in total. The predicted molar refractivity (Wildman–Crippen MR) is 105 cm³/mol. The molecule has 0 bridgehead atoms. The number of aromatic nitrogens is 3. The van der Waals surface area contributed by atoms with Crippen LogP contribution in [-0.2, 0) is 19.7 Å². The monoisotopic (exact) mass is 382 g/mol. The molecule has 7 heteroatoms. The van der Waals surface area contributed by atoms with E-state index < -0.39 is 0 Å². The Balaban J connectivity index is 1.73. The summed E-state index contributed by atoms with van der Waals surface area (Å²) in [5.41, 5.74) is 4.13. The van der Waals surface area contributed by atoms with E-state index in [-0.39, 0.29) is 18.2 Å². The Morgan fingerprint density at radius 1 is 1.29 bits per heavy atom. The lowest BCUT2D eigenvalue weighted by molar-refractivity contribution is 0.0772. The van der Waals surface area contributed by atoms with E-state index in [9.17, 15) is 4.79 Å². The van der Waals surface area contributed by atoms with Crippen molar-refractivity contribution in [3.63, 3.8) is 0 Å². The highest BCUT2D eigenvalue weighted by molar-refractivity contribution is 5.93. The molecule has 148 valence electrons. The second kappa shape index (κ2) is 8.29. The van der Waals surface area contributed by atoms with Gasteiger partial charge in [-0.15, -0.1) is 0 Å². The lowest BCUT2D eigenvalue weighted by Crippen LogP contribution is -2.27. The van der Waals surface area contributed by atoms with Crippen LogP contribution in [-0.4, -0.2) is 32.8 Å². The van der Waals surface area contributed by atoms with Crippen LogP contribution in [0.25, 0.3) is 0 Å². The van der Waals surface area contributed by atoms with Crippen molar-refractivity contribution < 1.29 is 14.1 Å². The van der Waals surface area contributed by atoms with Gasteiger partial charge in [-0.2, -0.15) is 5.10 Å². The van der Waals surface area contributed by atoms with Crippen molar-refractivity contribution in [2.45, 2.75) is 47.4 Å². The van der Waals surface area contributed by atoms with Crippen molar-refractivity contribution in [3.8, 4) is 5.75 Å². The summed E-state index contributed by atoms with van der Waals surface area (Å²) in [5, 5.41) is 8.32. The molecular weight excluding hydrogens is 356 g/mol. The molecule has 0 aliphatic heterocycles. The fraction of sp³-hybridized carbons (Fsp3) is 0.381.